The molecule has 6 heteroatoms. The van der Waals surface area contributed by atoms with Crippen molar-refractivity contribution in [2.45, 2.75) is 52.2 Å². The zero-order chi connectivity index (χ0) is 17.1. The van der Waals surface area contributed by atoms with Gasteiger partial charge >= 0.3 is 0 Å². The number of β-amino-alcohol motifs (C(OH)–C–C–N with tert-alkyl or cyclic N) is 1. The minimum Gasteiger partial charge on any atom is -0.391 e. The van der Waals surface area contributed by atoms with Gasteiger partial charge in [-0.15, -0.1) is 0 Å². The molecular weight excluding hydrogens is 304 g/mol. The molecule has 4 rings (SSSR count). The number of likely N-dealkylation sites (tertiary alicyclic amines) is 1. The van der Waals surface area contributed by atoms with Gasteiger partial charge in [-0.3, -0.25) is 4.79 Å². The van der Waals surface area contributed by atoms with E-state index in [0.717, 1.165) is 36.0 Å². The van der Waals surface area contributed by atoms with E-state index in [2.05, 4.69) is 23.9 Å². The van der Waals surface area contributed by atoms with Crippen LogP contribution >= 0.6 is 0 Å². The zero-order valence-corrected chi connectivity index (χ0v) is 14.5. The molecular formula is C18H24N4O2. The lowest BCUT2D eigenvalue weighted by molar-refractivity contribution is 0.00756. The molecule has 2 aromatic heterocycles. The molecule has 1 amide bonds. The van der Waals surface area contributed by atoms with Crippen molar-refractivity contribution in [3.8, 4) is 0 Å². The predicted molar refractivity (Wildman–Crippen MR) is 90.8 cm³/mol. The van der Waals surface area contributed by atoms with Gasteiger partial charge in [0.05, 0.1) is 23.3 Å². The lowest BCUT2D eigenvalue weighted by Crippen LogP contribution is -2.40. The molecule has 1 saturated carbocycles. The number of fused-ring (bicyclic) bond motifs is 1. The van der Waals surface area contributed by atoms with E-state index in [1.54, 1.807) is 6.20 Å². The van der Waals surface area contributed by atoms with Gasteiger partial charge in [0.15, 0.2) is 5.65 Å². The fraction of sp³-hybridized carbons (Fsp3) is 0.611. The number of aliphatic hydroxyl groups excluding tert-OH is 1. The Morgan fingerprint density at radius 2 is 2.17 bits per heavy atom. The number of nitrogens with zero attached hydrogens (tertiary/aromatic N) is 4. The summed E-state index contributed by atoms with van der Waals surface area (Å²) in [6.07, 6.45) is 4.54. The van der Waals surface area contributed by atoms with Crippen LogP contribution in [0.4, 0.5) is 0 Å². The number of aromatic nitrogens is 3. The molecule has 1 atom stereocenters. The summed E-state index contributed by atoms with van der Waals surface area (Å²) in [7, 11) is 0. The second kappa shape index (κ2) is 5.28. The van der Waals surface area contributed by atoms with Crippen LogP contribution in [0.1, 0.15) is 55.2 Å². The third kappa shape index (κ3) is 2.16. The Morgan fingerprint density at radius 3 is 2.75 bits per heavy atom. The van der Waals surface area contributed by atoms with E-state index in [1.165, 1.54) is 0 Å². The number of carbonyl (C=O) groups excluding carboxylic acids is 1. The van der Waals surface area contributed by atoms with Crippen molar-refractivity contribution in [1.29, 1.82) is 0 Å². The topological polar surface area (TPSA) is 71.2 Å². The van der Waals surface area contributed by atoms with Crippen LogP contribution in [0, 0.1) is 12.3 Å². The first-order chi connectivity index (χ1) is 11.4. The number of amides is 1. The maximum absolute atomic E-state index is 13.1. The normalized spacial score (nSPS) is 22.5. The van der Waals surface area contributed by atoms with Crippen molar-refractivity contribution in [2.75, 3.05) is 13.1 Å². The average molecular weight is 328 g/mol. The molecule has 1 saturated heterocycles. The van der Waals surface area contributed by atoms with E-state index in [9.17, 15) is 9.90 Å². The van der Waals surface area contributed by atoms with Crippen LogP contribution in [0.2, 0.25) is 0 Å². The average Bonchev–Trinajstić information content (AvgIpc) is 3.06. The number of rotatable bonds is 2. The first-order valence-electron chi connectivity index (χ1n) is 8.73. The number of aliphatic hydroxyl groups is 1. The third-order valence-corrected chi connectivity index (χ3v) is 5.66. The summed E-state index contributed by atoms with van der Waals surface area (Å²) in [5.74, 6) is -0.0170. The van der Waals surface area contributed by atoms with Gasteiger partial charge in [-0.05, 0) is 39.7 Å². The highest BCUT2D eigenvalue weighted by Crippen LogP contribution is 2.48. The van der Waals surface area contributed by atoms with E-state index in [4.69, 9.17) is 0 Å². The van der Waals surface area contributed by atoms with Gasteiger partial charge in [0.25, 0.3) is 5.91 Å². The van der Waals surface area contributed by atoms with Gasteiger partial charge in [0, 0.05) is 30.2 Å². The van der Waals surface area contributed by atoms with Crippen molar-refractivity contribution in [1.82, 2.24) is 19.7 Å². The van der Waals surface area contributed by atoms with Crippen LogP contribution in [0.3, 0.4) is 0 Å². The van der Waals surface area contributed by atoms with Crippen LogP contribution in [0.25, 0.3) is 11.0 Å². The fourth-order valence-electron chi connectivity index (χ4n) is 4.10. The quantitative estimate of drug-likeness (QED) is 0.918. The highest BCUT2D eigenvalue weighted by atomic mass is 16.3. The number of carbonyl (C=O) groups is 1. The lowest BCUT2D eigenvalue weighted by Gasteiger charge is -2.40. The van der Waals surface area contributed by atoms with Gasteiger partial charge in [0.2, 0.25) is 0 Å². The van der Waals surface area contributed by atoms with Crippen molar-refractivity contribution in [2.24, 2.45) is 5.41 Å². The Balaban J connectivity index is 1.72. The summed E-state index contributed by atoms with van der Waals surface area (Å²) in [6, 6.07) is 2.03. The highest BCUT2D eigenvalue weighted by molar-refractivity contribution is 6.05. The van der Waals surface area contributed by atoms with Crippen molar-refractivity contribution >= 4 is 16.9 Å². The summed E-state index contributed by atoms with van der Waals surface area (Å²) in [5, 5.41) is 15.6. The molecule has 6 nitrogen and oxygen atoms in total. The monoisotopic (exact) mass is 328 g/mol. The second-order valence-electron chi connectivity index (χ2n) is 7.65. The van der Waals surface area contributed by atoms with E-state index in [-0.39, 0.29) is 17.4 Å². The Labute approximate surface area is 141 Å². The van der Waals surface area contributed by atoms with Crippen molar-refractivity contribution in [3.05, 3.63) is 23.5 Å². The molecule has 0 bridgehead atoms. The molecule has 1 spiro atoms. The van der Waals surface area contributed by atoms with Crippen LogP contribution in [0.15, 0.2) is 12.3 Å². The van der Waals surface area contributed by atoms with Gasteiger partial charge in [-0.2, -0.15) is 5.10 Å². The third-order valence-electron chi connectivity index (χ3n) is 5.66. The smallest absolute Gasteiger partial charge is 0.254 e. The summed E-state index contributed by atoms with van der Waals surface area (Å²) < 4.78 is 1.85. The largest absolute Gasteiger partial charge is 0.391 e. The molecule has 0 aromatic carbocycles. The number of hydrogen-bond donors (Lipinski definition) is 1. The Bertz CT molecular complexity index is 807. The molecule has 3 heterocycles. The van der Waals surface area contributed by atoms with Crippen LogP contribution in [0.5, 0.6) is 0 Å². The second-order valence-corrected chi connectivity index (χ2v) is 7.65. The highest BCUT2D eigenvalue weighted by Gasteiger charge is 2.51. The van der Waals surface area contributed by atoms with E-state index in [1.807, 2.05) is 22.6 Å². The molecule has 1 aliphatic heterocycles. The van der Waals surface area contributed by atoms with Crippen molar-refractivity contribution < 1.29 is 9.90 Å². The Morgan fingerprint density at radius 1 is 1.42 bits per heavy atom. The van der Waals surface area contributed by atoms with Crippen LogP contribution in [-0.2, 0) is 0 Å². The lowest BCUT2D eigenvalue weighted by atomic mass is 9.67. The Hall–Kier alpha value is -1.95. The maximum atomic E-state index is 13.1. The fourth-order valence-corrected chi connectivity index (χ4v) is 4.10. The minimum atomic E-state index is -0.396. The van der Waals surface area contributed by atoms with Gasteiger partial charge in [-0.25, -0.2) is 9.67 Å². The first-order valence-corrected chi connectivity index (χ1v) is 8.73. The summed E-state index contributed by atoms with van der Waals surface area (Å²) in [5.41, 5.74) is 2.16. The van der Waals surface area contributed by atoms with E-state index >= 15 is 0 Å². The van der Waals surface area contributed by atoms with Crippen molar-refractivity contribution in [3.63, 3.8) is 0 Å². The molecule has 1 unspecified atom stereocenters. The predicted octanol–water partition coefficient (Wildman–Crippen LogP) is 2.31. The van der Waals surface area contributed by atoms with Crippen LogP contribution < -0.4 is 0 Å². The van der Waals surface area contributed by atoms with Gasteiger partial charge < -0.3 is 10.0 Å². The summed E-state index contributed by atoms with van der Waals surface area (Å²) >= 11 is 0. The Kier molecular flexibility index (Phi) is 3.42. The first kappa shape index (κ1) is 15.6. The van der Waals surface area contributed by atoms with E-state index < -0.39 is 6.10 Å². The maximum Gasteiger partial charge on any atom is 0.254 e. The number of hydrogen-bond acceptors (Lipinski definition) is 4. The summed E-state index contributed by atoms with van der Waals surface area (Å²) in [6.45, 7) is 7.10. The number of pyridine rings is 1. The standard InChI is InChI=1S/C18H24N4O2/c1-11(2)22-16-14(8-19-22)13(7-12(3)20-16)17(24)21-9-15(23)18(10-21)5-4-6-18/h7-8,11,15,23H,4-6,9-10H2,1-3H3. The molecule has 24 heavy (non-hydrogen) atoms. The minimum absolute atomic E-state index is 0.0170. The van der Waals surface area contributed by atoms with Gasteiger partial charge in [0.1, 0.15) is 0 Å². The van der Waals surface area contributed by atoms with Gasteiger partial charge in [-0.1, -0.05) is 6.42 Å². The molecule has 128 valence electrons. The summed E-state index contributed by atoms with van der Waals surface area (Å²) in [4.78, 5) is 19.5. The number of aryl methyl sites for hydroxylation is 1. The molecule has 2 aromatic rings. The molecule has 2 aliphatic rings. The zero-order valence-electron chi connectivity index (χ0n) is 14.5. The molecule has 1 N–H and O–H groups in total. The van der Waals surface area contributed by atoms with Crippen LogP contribution in [-0.4, -0.2) is 49.9 Å². The molecule has 2 fully saturated rings. The molecule has 0 radical (unpaired) electrons. The van der Waals surface area contributed by atoms with E-state index in [0.29, 0.717) is 18.7 Å². The molecule has 1 aliphatic carbocycles. The SMILES string of the molecule is Cc1cc(C(=O)N2CC(O)C3(CCC3)C2)c2cnn(C(C)C)c2n1.